The van der Waals surface area contributed by atoms with Crippen LogP contribution in [0.15, 0.2) is 71.2 Å². The molecule has 28 heavy (non-hydrogen) atoms. The van der Waals surface area contributed by atoms with Gasteiger partial charge in [0, 0.05) is 18.6 Å². The van der Waals surface area contributed by atoms with Crippen LogP contribution in [0.25, 0.3) is 6.08 Å². The lowest BCUT2D eigenvalue weighted by molar-refractivity contribution is 0.956. The third-order valence-corrected chi connectivity index (χ3v) is 5.68. The molecule has 1 aliphatic rings. The summed E-state index contributed by atoms with van der Waals surface area (Å²) in [6.07, 6.45) is 5.24. The summed E-state index contributed by atoms with van der Waals surface area (Å²) in [5, 5.41) is 0. The number of hydrogen-bond acceptors (Lipinski definition) is 1. The first-order valence-corrected chi connectivity index (χ1v) is 10.00. The van der Waals surface area contributed by atoms with Gasteiger partial charge in [0.15, 0.2) is 0 Å². The molecule has 0 spiro atoms. The highest BCUT2D eigenvalue weighted by Gasteiger charge is 2.25. The second-order valence-corrected chi connectivity index (χ2v) is 7.91. The maximum Gasteiger partial charge on any atom is 0.0684 e. The van der Waals surface area contributed by atoms with E-state index in [-0.39, 0.29) is 0 Å². The molecule has 0 aromatic heterocycles. The van der Waals surface area contributed by atoms with Crippen LogP contribution in [-0.4, -0.2) is 6.21 Å². The first kappa shape index (κ1) is 18.4. The highest BCUT2D eigenvalue weighted by atomic mass is 14.7. The standard InChI is InChI=1S/C27H27N/c1-18-15-20(3)27(21(4)16-18)28-14-13-22-9-5-7-11-24(22)26-19(2)17-23-10-6-8-12-25(23)26/h5-12,14-17,26H,13H2,1-4H3. The van der Waals surface area contributed by atoms with Gasteiger partial charge in [0.1, 0.15) is 0 Å². The van der Waals surface area contributed by atoms with E-state index in [9.17, 15) is 0 Å². The lowest BCUT2D eigenvalue weighted by Crippen LogP contribution is -2.04. The minimum Gasteiger partial charge on any atom is -0.260 e. The molecule has 0 fully saturated rings. The Hall–Kier alpha value is -2.93. The van der Waals surface area contributed by atoms with Crippen LogP contribution in [0, 0.1) is 20.8 Å². The van der Waals surface area contributed by atoms with Gasteiger partial charge in [0.2, 0.25) is 0 Å². The summed E-state index contributed by atoms with van der Waals surface area (Å²) in [5.74, 6) is 0.351. The Morgan fingerprint density at radius 2 is 1.46 bits per heavy atom. The smallest absolute Gasteiger partial charge is 0.0684 e. The summed E-state index contributed by atoms with van der Waals surface area (Å²) >= 11 is 0. The zero-order valence-corrected chi connectivity index (χ0v) is 17.2. The minimum atomic E-state index is 0.351. The summed E-state index contributed by atoms with van der Waals surface area (Å²) < 4.78 is 0. The molecule has 3 aromatic rings. The van der Waals surface area contributed by atoms with E-state index < -0.39 is 0 Å². The molecular weight excluding hydrogens is 338 g/mol. The Morgan fingerprint density at radius 3 is 2.21 bits per heavy atom. The van der Waals surface area contributed by atoms with Crippen molar-refractivity contribution in [3.63, 3.8) is 0 Å². The molecule has 0 bridgehead atoms. The molecule has 0 saturated carbocycles. The van der Waals surface area contributed by atoms with Gasteiger partial charge in [0.25, 0.3) is 0 Å². The molecule has 0 aliphatic heterocycles. The average Bonchev–Trinajstić information content (AvgIpc) is 3.00. The van der Waals surface area contributed by atoms with E-state index in [0.717, 1.165) is 12.1 Å². The molecule has 1 atom stereocenters. The Morgan fingerprint density at radius 1 is 0.821 bits per heavy atom. The predicted molar refractivity (Wildman–Crippen MR) is 121 cm³/mol. The van der Waals surface area contributed by atoms with Crippen molar-refractivity contribution in [2.24, 2.45) is 4.99 Å². The summed E-state index contributed by atoms with van der Waals surface area (Å²) in [7, 11) is 0. The number of allylic oxidation sites excluding steroid dienone is 1. The average molecular weight is 366 g/mol. The van der Waals surface area contributed by atoms with Gasteiger partial charge in [-0.2, -0.15) is 0 Å². The number of aliphatic imine (C=N–C) groups is 1. The van der Waals surface area contributed by atoms with E-state index in [1.165, 1.54) is 44.5 Å². The van der Waals surface area contributed by atoms with Crippen molar-refractivity contribution in [1.82, 2.24) is 0 Å². The molecule has 0 N–H and O–H groups in total. The number of rotatable bonds is 4. The zero-order valence-electron chi connectivity index (χ0n) is 17.2. The van der Waals surface area contributed by atoms with Crippen LogP contribution >= 0.6 is 0 Å². The monoisotopic (exact) mass is 365 g/mol. The third kappa shape index (κ3) is 3.45. The molecule has 1 nitrogen and oxygen atoms in total. The summed E-state index contributed by atoms with van der Waals surface area (Å²) in [5.41, 5.74) is 11.8. The maximum absolute atomic E-state index is 4.83. The van der Waals surface area contributed by atoms with Crippen molar-refractivity contribution in [2.75, 3.05) is 0 Å². The second kappa shape index (κ2) is 7.59. The Labute approximate surface area is 168 Å². The molecule has 0 saturated heterocycles. The first-order chi connectivity index (χ1) is 13.5. The van der Waals surface area contributed by atoms with Gasteiger partial charge in [-0.15, -0.1) is 0 Å². The van der Waals surface area contributed by atoms with Crippen molar-refractivity contribution in [1.29, 1.82) is 0 Å². The lowest BCUT2D eigenvalue weighted by Gasteiger charge is -2.18. The predicted octanol–water partition coefficient (Wildman–Crippen LogP) is 7.11. The van der Waals surface area contributed by atoms with Gasteiger partial charge >= 0.3 is 0 Å². The van der Waals surface area contributed by atoms with Crippen LogP contribution in [0.3, 0.4) is 0 Å². The second-order valence-electron chi connectivity index (χ2n) is 7.91. The molecule has 4 rings (SSSR count). The molecule has 0 radical (unpaired) electrons. The van der Waals surface area contributed by atoms with Crippen LogP contribution in [0.5, 0.6) is 0 Å². The molecule has 0 heterocycles. The van der Waals surface area contributed by atoms with Crippen molar-refractivity contribution in [2.45, 2.75) is 40.0 Å². The number of benzene rings is 3. The lowest BCUT2D eigenvalue weighted by atomic mass is 9.85. The van der Waals surface area contributed by atoms with Gasteiger partial charge in [-0.1, -0.05) is 77.9 Å². The quantitative estimate of drug-likeness (QED) is 0.437. The fourth-order valence-electron chi connectivity index (χ4n) is 4.50. The number of fused-ring (bicyclic) bond motifs is 1. The van der Waals surface area contributed by atoms with Crippen LogP contribution < -0.4 is 0 Å². The normalized spacial score (nSPS) is 15.7. The number of aryl methyl sites for hydroxylation is 3. The van der Waals surface area contributed by atoms with E-state index >= 15 is 0 Å². The molecular formula is C27H27N. The van der Waals surface area contributed by atoms with Crippen LogP contribution in [0.1, 0.15) is 51.8 Å². The Kier molecular flexibility index (Phi) is 5.00. The van der Waals surface area contributed by atoms with E-state index in [1.807, 2.05) is 0 Å². The van der Waals surface area contributed by atoms with E-state index in [2.05, 4.69) is 101 Å². The van der Waals surface area contributed by atoms with Crippen molar-refractivity contribution in [3.8, 4) is 0 Å². The maximum atomic E-state index is 4.83. The Balaban J connectivity index is 1.64. The molecule has 0 amide bonds. The van der Waals surface area contributed by atoms with Crippen molar-refractivity contribution >= 4 is 18.0 Å². The zero-order chi connectivity index (χ0) is 19.7. The Bertz CT molecular complexity index is 1060. The minimum absolute atomic E-state index is 0.351. The summed E-state index contributed by atoms with van der Waals surface area (Å²) in [6.45, 7) is 8.67. The van der Waals surface area contributed by atoms with Crippen molar-refractivity contribution in [3.05, 3.63) is 105 Å². The van der Waals surface area contributed by atoms with Gasteiger partial charge in [-0.25, -0.2) is 0 Å². The molecule has 1 heteroatoms. The van der Waals surface area contributed by atoms with Crippen LogP contribution in [-0.2, 0) is 6.42 Å². The molecule has 1 aliphatic carbocycles. The highest BCUT2D eigenvalue weighted by molar-refractivity contribution is 5.72. The number of hydrogen-bond donors (Lipinski definition) is 0. The van der Waals surface area contributed by atoms with E-state index in [4.69, 9.17) is 4.99 Å². The number of nitrogens with zero attached hydrogens (tertiary/aromatic N) is 1. The molecule has 3 aromatic carbocycles. The van der Waals surface area contributed by atoms with Crippen LogP contribution in [0.2, 0.25) is 0 Å². The SMILES string of the molecule is CC1=Cc2ccccc2C1c1ccccc1CC=Nc1c(C)cc(C)cc1C. The third-order valence-electron chi connectivity index (χ3n) is 5.68. The molecule has 140 valence electrons. The van der Waals surface area contributed by atoms with Crippen molar-refractivity contribution < 1.29 is 0 Å². The molecule has 1 unspecified atom stereocenters. The highest BCUT2D eigenvalue weighted by Crippen LogP contribution is 2.41. The van der Waals surface area contributed by atoms with E-state index in [0.29, 0.717) is 5.92 Å². The van der Waals surface area contributed by atoms with E-state index in [1.54, 1.807) is 0 Å². The van der Waals surface area contributed by atoms with Gasteiger partial charge in [0.05, 0.1) is 5.69 Å². The topological polar surface area (TPSA) is 12.4 Å². The van der Waals surface area contributed by atoms with Gasteiger partial charge in [-0.05, 0) is 61.1 Å². The largest absolute Gasteiger partial charge is 0.260 e. The van der Waals surface area contributed by atoms with Gasteiger partial charge in [-0.3, -0.25) is 4.99 Å². The fourth-order valence-corrected chi connectivity index (χ4v) is 4.50. The van der Waals surface area contributed by atoms with Gasteiger partial charge < -0.3 is 0 Å². The first-order valence-electron chi connectivity index (χ1n) is 10.00. The summed E-state index contributed by atoms with van der Waals surface area (Å²) in [4.78, 5) is 4.83. The van der Waals surface area contributed by atoms with Crippen LogP contribution in [0.4, 0.5) is 5.69 Å². The summed E-state index contributed by atoms with van der Waals surface area (Å²) in [6, 6.07) is 22.0. The fraction of sp³-hybridized carbons (Fsp3) is 0.222.